The molecule has 31 heavy (non-hydrogen) atoms. The summed E-state index contributed by atoms with van der Waals surface area (Å²) in [7, 11) is 2.21. The number of piperazine rings is 1. The van der Waals surface area contributed by atoms with Gasteiger partial charge in [0.05, 0.1) is 11.8 Å². The summed E-state index contributed by atoms with van der Waals surface area (Å²) in [6, 6.07) is 9.01. The summed E-state index contributed by atoms with van der Waals surface area (Å²) in [6.07, 6.45) is 13.7. The van der Waals surface area contributed by atoms with Crippen LogP contribution in [0.4, 0.5) is 0 Å². The molecule has 168 valence electrons. The van der Waals surface area contributed by atoms with Gasteiger partial charge >= 0.3 is 5.69 Å². The molecule has 2 heterocycles. The highest BCUT2D eigenvalue weighted by atomic mass is 16.5. The van der Waals surface area contributed by atoms with Crippen LogP contribution in [0.15, 0.2) is 41.5 Å². The number of benzene rings is 1. The van der Waals surface area contributed by atoms with E-state index >= 15 is 0 Å². The summed E-state index contributed by atoms with van der Waals surface area (Å²) < 4.78 is 9.79. The summed E-state index contributed by atoms with van der Waals surface area (Å²) in [6.45, 7) is 4.71. The van der Waals surface area contributed by atoms with Gasteiger partial charge in [-0.2, -0.15) is 0 Å². The van der Waals surface area contributed by atoms with Crippen LogP contribution in [0.5, 0.6) is 5.75 Å². The van der Waals surface area contributed by atoms with Gasteiger partial charge in [0, 0.05) is 50.7 Å². The monoisotopic (exact) mass is 424 g/mol. The Labute approximate surface area is 185 Å². The minimum Gasteiger partial charge on any atom is -0.490 e. The maximum atomic E-state index is 13.1. The zero-order chi connectivity index (χ0) is 21.2. The minimum atomic E-state index is 0.0764. The third kappa shape index (κ3) is 4.60. The van der Waals surface area contributed by atoms with Gasteiger partial charge in [0.2, 0.25) is 0 Å². The van der Waals surface area contributed by atoms with Crippen LogP contribution in [0.1, 0.15) is 57.4 Å². The van der Waals surface area contributed by atoms with E-state index in [1.165, 1.54) is 51.9 Å². The van der Waals surface area contributed by atoms with E-state index in [1.54, 1.807) is 4.57 Å². The van der Waals surface area contributed by atoms with Crippen molar-refractivity contribution < 1.29 is 4.74 Å². The number of hydrogen-bond donors (Lipinski definition) is 0. The summed E-state index contributed by atoms with van der Waals surface area (Å²) >= 11 is 0. The lowest BCUT2D eigenvalue weighted by atomic mass is 9.89. The van der Waals surface area contributed by atoms with Gasteiger partial charge in [-0.05, 0) is 82.7 Å². The molecule has 3 aliphatic rings. The van der Waals surface area contributed by atoms with Gasteiger partial charge in [-0.3, -0.25) is 14.0 Å². The molecule has 1 aromatic carbocycles. The summed E-state index contributed by atoms with van der Waals surface area (Å²) in [5, 5.41) is 0. The Morgan fingerprint density at radius 1 is 0.806 bits per heavy atom. The Bertz CT molecular complexity index is 896. The smallest absolute Gasteiger partial charge is 0.332 e. The van der Waals surface area contributed by atoms with Crippen molar-refractivity contribution in [3.8, 4) is 11.4 Å². The van der Waals surface area contributed by atoms with Crippen molar-refractivity contribution in [2.24, 2.45) is 0 Å². The molecule has 5 rings (SSSR count). The first-order valence-corrected chi connectivity index (χ1v) is 12.2. The molecule has 2 saturated carbocycles. The lowest BCUT2D eigenvalue weighted by Gasteiger charge is -2.41. The molecule has 2 aliphatic carbocycles. The van der Waals surface area contributed by atoms with Crippen molar-refractivity contribution in [2.45, 2.75) is 69.6 Å². The van der Waals surface area contributed by atoms with Crippen molar-refractivity contribution in [1.29, 1.82) is 0 Å². The summed E-state index contributed by atoms with van der Waals surface area (Å²) in [5.74, 6) is 0.908. The molecule has 6 heteroatoms. The number of hydrogen-bond acceptors (Lipinski definition) is 4. The van der Waals surface area contributed by atoms with Crippen LogP contribution in [0.3, 0.4) is 0 Å². The van der Waals surface area contributed by atoms with Crippen molar-refractivity contribution in [3.05, 3.63) is 47.1 Å². The first-order chi connectivity index (χ1) is 15.2. The highest BCUT2D eigenvalue weighted by Crippen LogP contribution is 2.31. The van der Waals surface area contributed by atoms with Gasteiger partial charge in [-0.25, -0.2) is 4.79 Å². The fourth-order valence-electron chi connectivity index (χ4n) is 5.64. The average Bonchev–Trinajstić information content (AvgIpc) is 3.45. The van der Waals surface area contributed by atoms with Crippen LogP contribution in [-0.2, 0) is 0 Å². The van der Waals surface area contributed by atoms with Crippen LogP contribution in [0.25, 0.3) is 5.69 Å². The molecule has 1 aromatic heterocycles. The highest BCUT2D eigenvalue weighted by molar-refractivity contribution is 5.37. The Balaban J connectivity index is 1.21. The van der Waals surface area contributed by atoms with Crippen LogP contribution in [0.2, 0.25) is 0 Å². The summed E-state index contributed by atoms with van der Waals surface area (Å²) in [4.78, 5) is 18.2. The van der Waals surface area contributed by atoms with Gasteiger partial charge in [0.1, 0.15) is 5.75 Å². The first-order valence-electron chi connectivity index (χ1n) is 12.2. The van der Waals surface area contributed by atoms with Crippen molar-refractivity contribution in [2.75, 3.05) is 33.2 Å². The van der Waals surface area contributed by atoms with Crippen LogP contribution in [0, 0.1) is 0 Å². The van der Waals surface area contributed by atoms with Crippen LogP contribution in [-0.4, -0.2) is 64.3 Å². The lowest BCUT2D eigenvalue weighted by Crippen LogP contribution is -2.50. The molecular weight excluding hydrogens is 388 g/mol. The Hall–Kier alpha value is -2.05. The van der Waals surface area contributed by atoms with E-state index in [0.29, 0.717) is 18.2 Å². The minimum absolute atomic E-state index is 0.0764. The maximum Gasteiger partial charge on any atom is 0.332 e. The number of ether oxygens (including phenoxy) is 1. The van der Waals surface area contributed by atoms with E-state index in [1.807, 2.05) is 41.2 Å². The van der Waals surface area contributed by atoms with Gasteiger partial charge in [-0.15, -0.1) is 0 Å². The van der Waals surface area contributed by atoms with Crippen molar-refractivity contribution in [3.63, 3.8) is 0 Å². The molecule has 2 aromatic rings. The van der Waals surface area contributed by atoms with E-state index in [4.69, 9.17) is 4.74 Å². The lowest BCUT2D eigenvalue weighted by molar-refractivity contribution is 0.0820. The highest BCUT2D eigenvalue weighted by Gasteiger charge is 2.29. The average molecular weight is 425 g/mol. The zero-order valence-corrected chi connectivity index (χ0v) is 18.8. The molecule has 0 N–H and O–H groups in total. The van der Waals surface area contributed by atoms with Gasteiger partial charge in [0.15, 0.2) is 0 Å². The van der Waals surface area contributed by atoms with E-state index in [2.05, 4.69) is 16.8 Å². The number of imidazole rings is 1. The second kappa shape index (κ2) is 9.21. The van der Waals surface area contributed by atoms with Crippen molar-refractivity contribution in [1.82, 2.24) is 18.9 Å². The Morgan fingerprint density at radius 2 is 1.45 bits per heavy atom. The molecule has 0 unspecified atom stereocenters. The quantitative estimate of drug-likeness (QED) is 0.734. The van der Waals surface area contributed by atoms with Crippen LogP contribution < -0.4 is 10.4 Å². The maximum absolute atomic E-state index is 13.1. The van der Waals surface area contributed by atoms with Gasteiger partial charge < -0.3 is 9.64 Å². The third-order valence-electron chi connectivity index (χ3n) is 7.64. The Kier molecular flexibility index (Phi) is 6.19. The number of nitrogens with zero attached hydrogens (tertiary/aromatic N) is 4. The fraction of sp³-hybridized carbons (Fsp3) is 0.640. The normalized spacial score (nSPS) is 26.4. The second-order valence-electron chi connectivity index (χ2n) is 9.68. The Morgan fingerprint density at radius 3 is 2.13 bits per heavy atom. The first kappa shape index (κ1) is 20.8. The topological polar surface area (TPSA) is 42.6 Å². The van der Waals surface area contributed by atoms with E-state index in [9.17, 15) is 4.79 Å². The van der Waals surface area contributed by atoms with E-state index in [-0.39, 0.29) is 5.69 Å². The molecule has 0 spiro atoms. The molecule has 6 nitrogen and oxygen atoms in total. The molecule has 0 atom stereocenters. The molecule has 0 radical (unpaired) electrons. The fourth-order valence-corrected chi connectivity index (χ4v) is 5.64. The zero-order valence-electron chi connectivity index (χ0n) is 18.8. The molecular formula is C25H36N4O2. The molecule has 3 fully saturated rings. The second-order valence-corrected chi connectivity index (χ2v) is 9.68. The summed E-state index contributed by atoms with van der Waals surface area (Å²) in [5.41, 5.74) is 0.987. The van der Waals surface area contributed by atoms with E-state index in [0.717, 1.165) is 37.1 Å². The predicted octanol–water partition coefficient (Wildman–Crippen LogP) is 3.69. The number of likely N-dealkylation sites (N-methyl/N-ethyl adjacent to an activating group) is 1. The molecule has 1 aliphatic heterocycles. The van der Waals surface area contributed by atoms with Gasteiger partial charge in [-0.1, -0.05) is 0 Å². The number of aromatic nitrogens is 2. The molecule has 0 bridgehead atoms. The predicted molar refractivity (Wildman–Crippen MR) is 123 cm³/mol. The van der Waals surface area contributed by atoms with Crippen LogP contribution >= 0.6 is 0 Å². The molecule has 1 saturated heterocycles. The third-order valence-corrected chi connectivity index (χ3v) is 7.64. The molecule has 0 amide bonds. The largest absolute Gasteiger partial charge is 0.490 e. The number of rotatable bonds is 5. The standard InChI is InChI=1S/C25H36N4O2/c1-26-14-16-27(17-15-26)20-6-8-21(9-7-20)28-18-19-29(25(28)30)22-10-12-24(13-11-22)31-23-4-2-3-5-23/h10-13,18-21,23H,2-9,14-17H2,1H3. The van der Waals surface area contributed by atoms with E-state index < -0.39 is 0 Å². The van der Waals surface area contributed by atoms with Gasteiger partial charge in [0.25, 0.3) is 0 Å². The van der Waals surface area contributed by atoms with Crippen molar-refractivity contribution >= 4 is 0 Å². The SMILES string of the molecule is CN1CCN(C2CCC(n3ccn(-c4ccc(OC5CCCC5)cc4)c3=O)CC2)CC1.